The summed E-state index contributed by atoms with van der Waals surface area (Å²) in [5.41, 5.74) is 1.68. The van der Waals surface area contributed by atoms with Crippen LogP contribution in [0.4, 0.5) is 0 Å². The van der Waals surface area contributed by atoms with Gasteiger partial charge in [-0.1, -0.05) is 41.9 Å². The van der Waals surface area contributed by atoms with Gasteiger partial charge in [-0.15, -0.1) is 0 Å². The number of para-hydroxylation sites is 1. The number of aliphatic hydroxyl groups is 1. The number of likely N-dealkylation sites (tertiary alicyclic amines) is 1. The number of pyridine rings is 1. The largest absolute Gasteiger partial charge is 0.507 e. The van der Waals surface area contributed by atoms with Gasteiger partial charge in [-0.05, 0) is 72.6 Å². The van der Waals surface area contributed by atoms with Crippen LogP contribution in [0.5, 0.6) is 17.2 Å². The number of nitrogens with zero attached hydrogens (tertiary/aromatic N) is 2. The molecule has 1 aliphatic rings. The Hall–Kier alpha value is -4.62. The number of hydrogen-bond acceptors (Lipinski definition) is 6. The number of carbonyl (C=O) groups is 2. The summed E-state index contributed by atoms with van der Waals surface area (Å²) in [6.45, 7) is 2.33. The second kappa shape index (κ2) is 11.4. The predicted octanol–water partition coefficient (Wildman–Crippen LogP) is 6.55. The van der Waals surface area contributed by atoms with E-state index in [1.807, 2.05) is 37.3 Å². The van der Waals surface area contributed by atoms with Gasteiger partial charge < -0.3 is 19.5 Å². The Morgan fingerprint density at radius 1 is 0.949 bits per heavy atom. The molecule has 0 saturated carbocycles. The van der Waals surface area contributed by atoms with Crippen LogP contribution in [0.1, 0.15) is 29.7 Å². The van der Waals surface area contributed by atoms with Crippen molar-refractivity contribution in [2.24, 2.45) is 0 Å². The lowest BCUT2D eigenvalue weighted by atomic mass is 9.95. The minimum absolute atomic E-state index is 0.0318. The van der Waals surface area contributed by atoms with Crippen molar-refractivity contribution in [3.63, 3.8) is 0 Å². The van der Waals surface area contributed by atoms with E-state index < -0.39 is 17.7 Å². The lowest BCUT2D eigenvalue weighted by Gasteiger charge is -2.26. The Labute approximate surface area is 230 Å². The molecule has 0 aliphatic carbocycles. The number of Topliss-reactive ketones (excluding diaryl/α,β-unsaturated/α-hetero) is 1. The van der Waals surface area contributed by atoms with Gasteiger partial charge in [0, 0.05) is 24.5 Å². The highest BCUT2D eigenvalue weighted by Gasteiger charge is 2.46. The highest BCUT2D eigenvalue weighted by molar-refractivity contribution is 6.46. The van der Waals surface area contributed by atoms with Crippen molar-refractivity contribution in [1.29, 1.82) is 0 Å². The first-order valence-electron chi connectivity index (χ1n) is 12.4. The zero-order valence-electron chi connectivity index (χ0n) is 21.1. The third-order valence-corrected chi connectivity index (χ3v) is 6.61. The summed E-state index contributed by atoms with van der Waals surface area (Å²) in [7, 11) is 0. The van der Waals surface area contributed by atoms with Crippen LogP contribution in [-0.4, -0.2) is 33.3 Å². The number of aliphatic hydroxyl groups excluding tert-OH is 1. The van der Waals surface area contributed by atoms with E-state index >= 15 is 0 Å². The maximum Gasteiger partial charge on any atom is 0.295 e. The molecule has 3 aromatic carbocycles. The average Bonchev–Trinajstić information content (AvgIpc) is 3.20. The average molecular weight is 541 g/mol. The molecule has 0 bridgehead atoms. The summed E-state index contributed by atoms with van der Waals surface area (Å²) in [4.78, 5) is 32.3. The van der Waals surface area contributed by atoms with Gasteiger partial charge in [0.15, 0.2) is 0 Å². The molecule has 1 atom stereocenters. The third-order valence-electron chi connectivity index (χ3n) is 6.30. The first kappa shape index (κ1) is 26.0. The molecule has 1 aromatic heterocycles. The number of ketones is 1. The molecule has 0 radical (unpaired) electrons. The van der Waals surface area contributed by atoms with E-state index in [1.165, 1.54) is 4.90 Å². The summed E-state index contributed by atoms with van der Waals surface area (Å²) in [5.74, 6) is -0.282. The molecule has 39 heavy (non-hydrogen) atoms. The van der Waals surface area contributed by atoms with Gasteiger partial charge in [-0.3, -0.25) is 14.6 Å². The Morgan fingerprint density at radius 2 is 1.69 bits per heavy atom. The summed E-state index contributed by atoms with van der Waals surface area (Å²) in [6.07, 6.45) is 3.25. The SMILES string of the molecule is CCOc1cc(/C(O)=C2/C(=O)C(=O)N(Cc3ccncc3)C2c2cccc(Oc3ccccc3)c2)ccc1Cl. The third kappa shape index (κ3) is 5.49. The van der Waals surface area contributed by atoms with E-state index in [9.17, 15) is 14.7 Å². The van der Waals surface area contributed by atoms with Crippen LogP contribution >= 0.6 is 11.6 Å². The molecule has 7 nitrogen and oxygen atoms in total. The van der Waals surface area contributed by atoms with Crippen molar-refractivity contribution in [2.45, 2.75) is 19.5 Å². The van der Waals surface area contributed by atoms with E-state index in [0.717, 1.165) is 5.56 Å². The number of rotatable bonds is 8. The van der Waals surface area contributed by atoms with Gasteiger partial charge in [-0.2, -0.15) is 0 Å². The first-order chi connectivity index (χ1) is 19.0. The van der Waals surface area contributed by atoms with Crippen LogP contribution in [0.3, 0.4) is 0 Å². The lowest BCUT2D eigenvalue weighted by molar-refractivity contribution is -0.140. The van der Waals surface area contributed by atoms with Crippen LogP contribution in [0.15, 0.2) is 103 Å². The molecule has 2 heterocycles. The summed E-state index contributed by atoms with van der Waals surface area (Å²) in [5, 5.41) is 11.8. The monoisotopic (exact) mass is 540 g/mol. The number of carbonyl (C=O) groups excluding carboxylic acids is 2. The van der Waals surface area contributed by atoms with Crippen molar-refractivity contribution in [3.8, 4) is 17.2 Å². The van der Waals surface area contributed by atoms with Crippen molar-refractivity contribution >= 4 is 29.1 Å². The van der Waals surface area contributed by atoms with E-state index in [0.29, 0.717) is 40.0 Å². The number of hydrogen-bond donors (Lipinski definition) is 1. The molecular weight excluding hydrogens is 516 g/mol. The van der Waals surface area contributed by atoms with Gasteiger partial charge in [0.2, 0.25) is 0 Å². The fraction of sp³-hybridized carbons (Fsp3) is 0.129. The molecule has 1 saturated heterocycles. The van der Waals surface area contributed by atoms with Crippen LogP contribution in [0.2, 0.25) is 5.02 Å². The fourth-order valence-electron chi connectivity index (χ4n) is 4.52. The van der Waals surface area contributed by atoms with Crippen LogP contribution in [0, 0.1) is 0 Å². The summed E-state index contributed by atoms with van der Waals surface area (Å²) >= 11 is 6.24. The predicted molar refractivity (Wildman–Crippen MR) is 148 cm³/mol. The number of amides is 1. The molecule has 1 aliphatic heterocycles. The normalized spacial score (nSPS) is 16.4. The molecule has 1 fully saturated rings. The Morgan fingerprint density at radius 3 is 2.44 bits per heavy atom. The quantitative estimate of drug-likeness (QED) is 0.155. The number of ether oxygens (including phenoxy) is 2. The highest BCUT2D eigenvalue weighted by Crippen LogP contribution is 2.42. The van der Waals surface area contributed by atoms with E-state index in [2.05, 4.69) is 4.98 Å². The van der Waals surface area contributed by atoms with Gasteiger partial charge in [0.1, 0.15) is 23.0 Å². The van der Waals surface area contributed by atoms with Gasteiger partial charge in [-0.25, -0.2) is 0 Å². The minimum Gasteiger partial charge on any atom is -0.507 e. The molecule has 8 heteroatoms. The topological polar surface area (TPSA) is 89.0 Å². The van der Waals surface area contributed by atoms with E-state index in [1.54, 1.807) is 67.0 Å². The molecular formula is C31H25ClN2O5. The molecule has 196 valence electrons. The maximum atomic E-state index is 13.4. The highest BCUT2D eigenvalue weighted by atomic mass is 35.5. The van der Waals surface area contributed by atoms with Crippen molar-refractivity contribution < 1.29 is 24.2 Å². The fourth-order valence-corrected chi connectivity index (χ4v) is 4.69. The van der Waals surface area contributed by atoms with Crippen molar-refractivity contribution in [1.82, 2.24) is 9.88 Å². The number of benzene rings is 3. The van der Waals surface area contributed by atoms with E-state index in [4.69, 9.17) is 21.1 Å². The lowest BCUT2D eigenvalue weighted by Crippen LogP contribution is -2.29. The van der Waals surface area contributed by atoms with E-state index in [-0.39, 0.29) is 17.9 Å². The zero-order valence-corrected chi connectivity index (χ0v) is 21.8. The van der Waals surface area contributed by atoms with Gasteiger partial charge in [0.25, 0.3) is 11.7 Å². The molecule has 1 N–H and O–H groups in total. The molecule has 0 spiro atoms. The van der Waals surface area contributed by atoms with Gasteiger partial charge >= 0.3 is 0 Å². The van der Waals surface area contributed by atoms with Crippen LogP contribution in [0.25, 0.3) is 5.76 Å². The minimum atomic E-state index is -0.872. The molecule has 1 unspecified atom stereocenters. The van der Waals surface area contributed by atoms with Crippen LogP contribution < -0.4 is 9.47 Å². The summed E-state index contributed by atoms with van der Waals surface area (Å²) < 4.78 is 11.6. The number of aromatic nitrogens is 1. The van der Waals surface area contributed by atoms with Crippen molar-refractivity contribution in [3.05, 3.63) is 125 Å². The second-order valence-electron chi connectivity index (χ2n) is 8.85. The summed E-state index contributed by atoms with van der Waals surface area (Å²) in [6, 6.07) is 23.8. The van der Waals surface area contributed by atoms with Crippen LogP contribution in [-0.2, 0) is 16.1 Å². The first-order valence-corrected chi connectivity index (χ1v) is 12.8. The maximum absolute atomic E-state index is 13.4. The Balaban J connectivity index is 1.62. The Bertz CT molecular complexity index is 1540. The van der Waals surface area contributed by atoms with Crippen molar-refractivity contribution in [2.75, 3.05) is 6.61 Å². The second-order valence-corrected chi connectivity index (χ2v) is 9.26. The number of halogens is 1. The van der Waals surface area contributed by atoms with Gasteiger partial charge in [0.05, 0.1) is 23.2 Å². The molecule has 1 amide bonds. The Kier molecular flexibility index (Phi) is 7.61. The zero-order chi connectivity index (χ0) is 27.4. The standard InChI is InChI=1S/C31H25ClN2O5/c1-2-38-26-18-22(11-12-25(26)32)29(35)27-28(34(31(37)30(27)36)19-20-13-15-33-16-14-20)21-7-6-10-24(17-21)39-23-8-4-3-5-9-23/h3-18,28,35H,2,19H2,1H3/b29-27-. The molecule has 5 rings (SSSR count). The molecule has 4 aromatic rings. The smallest absolute Gasteiger partial charge is 0.295 e.